The monoisotopic (exact) mass is 369 g/mol. The van der Waals surface area contributed by atoms with Crippen LogP contribution in [-0.2, 0) is 14.3 Å². The second kappa shape index (κ2) is 10.4. The van der Waals surface area contributed by atoms with Crippen LogP contribution < -0.4 is 10.1 Å². The average Bonchev–Trinajstić information content (AvgIpc) is 2.68. The summed E-state index contributed by atoms with van der Waals surface area (Å²) in [4.78, 5) is 24.2. The van der Waals surface area contributed by atoms with Crippen LogP contribution in [0.2, 0.25) is 0 Å². The molecule has 0 aromatic heterocycles. The number of carbonyl (C=O) groups is 2. The van der Waals surface area contributed by atoms with Crippen molar-refractivity contribution >= 4 is 11.9 Å². The van der Waals surface area contributed by atoms with Crippen LogP contribution >= 0.6 is 0 Å². The van der Waals surface area contributed by atoms with E-state index in [9.17, 15) is 9.59 Å². The lowest BCUT2D eigenvalue weighted by atomic mass is 10.1. The first kappa shape index (κ1) is 20.5. The third-order valence-electron chi connectivity index (χ3n) is 4.27. The van der Waals surface area contributed by atoms with Crippen LogP contribution in [0.1, 0.15) is 42.0 Å². The van der Waals surface area contributed by atoms with E-state index < -0.39 is 12.0 Å². The molecule has 2 aromatic carbocycles. The minimum atomic E-state index is -0.783. The summed E-state index contributed by atoms with van der Waals surface area (Å²) in [5.74, 6) is 0.225. The van der Waals surface area contributed by atoms with Gasteiger partial charge in [0, 0.05) is 6.42 Å². The van der Waals surface area contributed by atoms with E-state index in [4.69, 9.17) is 9.47 Å². The van der Waals surface area contributed by atoms with Gasteiger partial charge >= 0.3 is 5.97 Å². The van der Waals surface area contributed by atoms with E-state index >= 15 is 0 Å². The summed E-state index contributed by atoms with van der Waals surface area (Å²) in [6.45, 7) is 4.59. The number of aryl methyl sites for hydroxylation is 2. The van der Waals surface area contributed by atoms with Gasteiger partial charge in [0.05, 0.1) is 13.7 Å². The molecule has 0 saturated heterocycles. The zero-order valence-electron chi connectivity index (χ0n) is 16.2. The van der Waals surface area contributed by atoms with Gasteiger partial charge in [0.2, 0.25) is 5.91 Å². The fourth-order valence-corrected chi connectivity index (χ4v) is 2.71. The highest BCUT2D eigenvalue weighted by atomic mass is 16.5. The van der Waals surface area contributed by atoms with Gasteiger partial charge in [0.25, 0.3) is 0 Å². The van der Waals surface area contributed by atoms with Gasteiger partial charge in [-0.3, -0.25) is 4.79 Å². The van der Waals surface area contributed by atoms with E-state index in [1.54, 1.807) is 12.1 Å². The third-order valence-corrected chi connectivity index (χ3v) is 4.27. The van der Waals surface area contributed by atoms with Gasteiger partial charge in [0.1, 0.15) is 5.75 Å². The maximum absolute atomic E-state index is 12.2. The fourth-order valence-electron chi connectivity index (χ4n) is 2.71. The van der Waals surface area contributed by atoms with Crippen molar-refractivity contribution in [2.75, 3.05) is 13.7 Å². The number of methoxy groups -OCH3 is 1. The standard InChI is InChI=1S/C22H27NO4/c1-16-12-13-17(2)19(15-16)27-14-8-7-11-20(24)23-21(22(25)26-3)18-9-5-4-6-10-18/h4-6,9-10,12-13,15,21H,7-8,11,14H2,1-3H3,(H,23,24). The molecular formula is C22H27NO4. The summed E-state index contributed by atoms with van der Waals surface area (Å²) in [6.07, 6.45) is 1.77. The Bertz CT molecular complexity index is 758. The van der Waals surface area contributed by atoms with E-state index in [0.717, 1.165) is 23.3 Å². The topological polar surface area (TPSA) is 64.6 Å². The first-order chi connectivity index (χ1) is 13.0. The summed E-state index contributed by atoms with van der Waals surface area (Å²) in [5, 5.41) is 2.75. The molecule has 2 aromatic rings. The molecule has 0 aliphatic heterocycles. The second-order valence-corrected chi connectivity index (χ2v) is 6.51. The highest BCUT2D eigenvalue weighted by Gasteiger charge is 2.22. The van der Waals surface area contributed by atoms with Gasteiger partial charge in [-0.2, -0.15) is 0 Å². The molecular weight excluding hydrogens is 342 g/mol. The van der Waals surface area contributed by atoms with Crippen molar-refractivity contribution < 1.29 is 19.1 Å². The Morgan fingerprint density at radius 3 is 2.48 bits per heavy atom. The molecule has 0 saturated carbocycles. The van der Waals surface area contributed by atoms with E-state index in [2.05, 4.69) is 11.4 Å². The van der Waals surface area contributed by atoms with Gasteiger partial charge < -0.3 is 14.8 Å². The first-order valence-corrected chi connectivity index (χ1v) is 9.13. The SMILES string of the molecule is COC(=O)C(NC(=O)CCCCOc1cc(C)ccc1C)c1ccccc1. The molecule has 0 spiro atoms. The Hall–Kier alpha value is -2.82. The van der Waals surface area contributed by atoms with Crippen LogP contribution in [0.3, 0.4) is 0 Å². The zero-order valence-corrected chi connectivity index (χ0v) is 16.2. The predicted octanol–water partition coefficient (Wildman–Crippen LogP) is 3.88. The highest BCUT2D eigenvalue weighted by molar-refractivity contribution is 5.85. The number of carbonyl (C=O) groups excluding carboxylic acids is 2. The van der Waals surface area contributed by atoms with Crippen molar-refractivity contribution in [1.29, 1.82) is 0 Å². The molecule has 5 heteroatoms. The molecule has 27 heavy (non-hydrogen) atoms. The molecule has 0 aliphatic rings. The van der Waals surface area contributed by atoms with Crippen LogP contribution in [0, 0.1) is 13.8 Å². The van der Waals surface area contributed by atoms with Crippen molar-refractivity contribution in [3.8, 4) is 5.75 Å². The van der Waals surface area contributed by atoms with Gasteiger partial charge in [-0.05, 0) is 49.4 Å². The van der Waals surface area contributed by atoms with E-state index in [0.29, 0.717) is 25.0 Å². The van der Waals surface area contributed by atoms with Crippen molar-refractivity contribution in [1.82, 2.24) is 5.32 Å². The number of hydrogen-bond donors (Lipinski definition) is 1. The van der Waals surface area contributed by atoms with Crippen LogP contribution in [0.25, 0.3) is 0 Å². The van der Waals surface area contributed by atoms with E-state index in [-0.39, 0.29) is 5.91 Å². The number of benzene rings is 2. The lowest BCUT2D eigenvalue weighted by Crippen LogP contribution is -2.34. The average molecular weight is 369 g/mol. The van der Waals surface area contributed by atoms with Crippen molar-refractivity contribution in [2.45, 2.75) is 39.2 Å². The van der Waals surface area contributed by atoms with Crippen LogP contribution in [0.4, 0.5) is 0 Å². The van der Waals surface area contributed by atoms with Crippen molar-refractivity contribution in [3.05, 3.63) is 65.2 Å². The smallest absolute Gasteiger partial charge is 0.333 e. The van der Waals surface area contributed by atoms with Crippen LogP contribution in [0.15, 0.2) is 48.5 Å². The Morgan fingerprint density at radius 2 is 1.78 bits per heavy atom. The summed E-state index contributed by atoms with van der Waals surface area (Å²) in [5.41, 5.74) is 2.96. The largest absolute Gasteiger partial charge is 0.493 e. The van der Waals surface area contributed by atoms with Gasteiger partial charge in [-0.15, -0.1) is 0 Å². The molecule has 5 nitrogen and oxygen atoms in total. The normalized spacial score (nSPS) is 11.5. The number of ether oxygens (including phenoxy) is 2. The van der Waals surface area contributed by atoms with E-state index in [1.807, 2.05) is 44.2 Å². The summed E-state index contributed by atoms with van der Waals surface area (Å²) < 4.78 is 10.6. The molecule has 1 N–H and O–H groups in total. The maximum atomic E-state index is 12.2. The molecule has 1 amide bonds. The third kappa shape index (κ3) is 6.44. The van der Waals surface area contributed by atoms with Gasteiger partial charge in [0.15, 0.2) is 6.04 Å². The molecule has 2 rings (SSSR count). The molecule has 0 aliphatic carbocycles. The Morgan fingerprint density at radius 1 is 1.04 bits per heavy atom. The second-order valence-electron chi connectivity index (χ2n) is 6.51. The molecule has 144 valence electrons. The molecule has 0 heterocycles. The summed E-state index contributed by atoms with van der Waals surface area (Å²) in [7, 11) is 1.31. The number of nitrogens with one attached hydrogen (secondary N) is 1. The minimum Gasteiger partial charge on any atom is -0.493 e. The van der Waals surface area contributed by atoms with Gasteiger partial charge in [-0.1, -0.05) is 42.5 Å². The predicted molar refractivity (Wildman–Crippen MR) is 105 cm³/mol. The quantitative estimate of drug-likeness (QED) is 0.538. The number of rotatable bonds is 9. The first-order valence-electron chi connectivity index (χ1n) is 9.13. The molecule has 1 atom stereocenters. The minimum absolute atomic E-state index is 0.180. The van der Waals surface area contributed by atoms with Crippen LogP contribution in [0.5, 0.6) is 5.75 Å². The number of hydrogen-bond acceptors (Lipinski definition) is 4. The van der Waals surface area contributed by atoms with Crippen LogP contribution in [-0.4, -0.2) is 25.6 Å². The van der Waals surface area contributed by atoms with Crippen molar-refractivity contribution in [3.63, 3.8) is 0 Å². The van der Waals surface area contributed by atoms with Gasteiger partial charge in [-0.25, -0.2) is 4.79 Å². The highest BCUT2D eigenvalue weighted by Crippen LogP contribution is 2.19. The lowest BCUT2D eigenvalue weighted by molar-refractivity contribution is -0.145. The number of unbranched alkanes of at least 4 members (excludes halogenated alkanes) is 1. The number of amides is 1. The van der Waals surface area contributed by atoms with E-state index in [1.165, 1.54) is 7.11 Å². The molecule has 0 radical (unpaired) electrons. The Balaban J connectivity index is 1.77. The molecule has 0 bridgehead atoms. The fraction of sp³-hybridized carbons (Fsp3) is 0.364. The summed E-state index contributed by atoms with van der Waals surface area (Å²) in [6, 6.07) is 14.4. The number of esters is 1. The Labute approximate surface area is 160 Å². The maximum Gasteiger partial charge on any atom is 0.333 e. The van der Waals surface area contributed by atoms with Crippen molar-refractivity contribution in [2.24, 2.45) is 0 Å². The zero-order chi connectivity index (χ0) is 19.6. The lowest BCUT2D eigenvalue weighted by Gasteiger charge is -2.17. The molecule has 1 unspecified atom stereocenters. The summed E-state index contributed by atoms with van der Waals surface area (Å²) >= 11 is 0. The Kier molecular flexibility index (Phi) is 7.86. The molecule has 0 fully saturated rings.